The van der Waals surface area contributed by atoms with Gasteiger partial charge in [-0.3, -0.25) is 0 Å². The van der Waals surface area contributed by atoms with Gasteiger partial charge < -0.3 is 0 Å². The van der Waals surface area contributed by atoms with Gasteiger partial charge in [0.25, 0.3) is 0 Å². The Morgan fingerprint density at radius 1 is 1.60 bits per heavy atom. The molecule has 0 aliphatic heterocycles. The van der Waals surface area contributed by atoms with Crippen molar-refractivity contribution < 1.29 is 27.7 Å². The summed E-state index contributed by atoms with van der Waals surface area (Å²) in [6.07, 6.45) is 0. The Morgan fingerprint density at radius 3 is 1.80 bits per heavy atom. The zero-order valence-electron chi connectivity index (χ0n) is 2.26. The minimum absolute atomic E-state index is 0.562. The van der Waals surface area contributed by atoms with Gasteiger partial charge in [-0.25, -0.2) is 0 Å². The summed E-state index contributed by atoms with van der Waals surface area (Å²) in [5, 5.41) is 15.4. The van der Waals surface area contributed by atoms with Crippen LogP contribution in [0.25, 0.3) is 0 Å². The molecule has 0 spiro atoms. The fraction of sp³-hybridized carbons (Fsp3) is 0. The molecule has 0 unspecified atom stereocenters. The first-order valence-electron chi connectivity index (χ1n) is 0.906. The van der Waals surface area contributed by atoms with E-state index in [0.717, 1.165) is 0 Å². The third-order valence-corrected chi connectivity index (χ3v) is 0.743. The monoisotopic (exact) mass is 302 g/mol. The molecule has 3 nitrogen and oxygen atoms in total. The maximum absolute atomic E-state index is 7.72. The first kappa shape index (κ1) is 5.33. The van der Waals surface area contributed by atoms with Crippen LogP contribution in [0.5, 0.6) is 0 Å². The second-order valence-corrected chi connectivity index (χ2v) is 1.16. The van der Waals surface area contributed by atoms with E-state index in [1.807, 2.05) is 0 Å². The Labute approximate surface area is 36.0 Å². The van der Waals surface area contributed by atoms with E-state index < -0.39 is 7.32 Å². The van der Waals surface area contributed by atoms with Gasteiger partial charge in [0.2, 0.25) is 0 Å². The van der Waals surface area contributed by atoms with Gasteiger partial charge >= 0.3 is 35.1 Å². The van der Waals surface area contributed by atoms with Gasteiger partial charge in [0.05, 0.1) is 0 Å². The van der Waals surface area contributed by atoms with Crippen LogP contribution in [0.3, 0.4) is 0 Å². The minimum atomic E-state index is -1.57. The van der Waals surface area contributed by atoms with E-state index in [4.69, 9.17) is 10.0 Å². The summed E-state index contributed by atoms with van der Waals surface area (Å²) in [4.78, 5) is 0. The van der Waals surface area contributed by atoms with Crippen molar-refractivity contribution in [3.8, 4) is 0 Å². The fourth-order valence-electron chi connectivity index (χ4n) is 0. The van der Waals surface area contributed by atoms with Crippen LogP contribution >= 0.6 is 0 Å². The third-order valence-electron chi connectivity index (χ3n) is 0.0797. The molecule has 5 heteroatoms. The Morgan fingerprint density at radius 2 is 1.80 bits per heavy atom. The van der Waals surface area contributed by atoms with E-state index in [1.165, 1.54) is 0 Å². The molecule has 0 amide bonds. The summed E-state index contributed by atoms with van der Waals surface area (Å²) in [5.41, 5.74) is 0. The van der Waals surface area contributed by atoms with E-state index in [1.54, 1.807) is 0 Å². The van der Waals surface area contributed by atoms with Crippen molar-refractivity contribution in [2.75, 3.05) is 0 Å². The molecule has 0 saturated carbocycles. The molecule has 0 rings (SSSR count). The molecule has 0 aromatic rings. The third kappa shape index (κ3) is 4.33. The molecule has 0 aromatic carbocycles. The molecule has 30 valence electrons. The van der Waals surface area contributed by atoms with Gasteiger partial charge in [-0.1, -0.05) is 0 Å². The van der Waals surface area contributed by atoms with Gasteiger partial charge in [0, 0.05) is 0 Å². The molecular weight excluding hydrogens is 302 g/mol. The van der Waals surface area contributed by atoms with Crippen molar-refractivity contribution in [2.45, 2.75) is 0 Å². The Balaban J connectivity index is 2.54. The molecule has 2 N–H and O–H groups in total. The standard InChI is InChI=1S/Am.BH2O3/c;2-1(3)4/h;2-3H/q+1;-1. The van der Waals surface area contributed by atoms with Crippen LogP contribution in [0.15, 0.2) is 0 Å². The molecular formula is H2AmBO3. The molecule has 0 atom stereocenters. The predicted molar refractivity (Wildman–Crippen MR) is 11.3 cm³/mol. The molecule has 0 radical (unpaired) electrons. The van der Waals surface area contributed by atoms with E-state index >= 15 is 0 Å². The quantitative estimate of drug-likeness (QED) is 0.576. The molecule has 0 heterocycles. The molecule has 0 aliphatic carbocycles. The summed E-state index contributed by atoms with van der Waals surface area (Å²) in [6, 6.07) is 0. The van der Waals surface area contributed by atoms with E-state index in [-0.39, 0.29) is 0 Å². The van der Waals surface area contributed by atoms with E-state index in [0.29, 0.717) is 13.7 Å². The molecule has 0 fully saturated rings. The topological polar surface area (TPSA) is 49.7 Å². The van der Waals surface area contributed by atoms with Gasteiger partial charge in [-0.15, -0.1) is 0 Å². The summed E-state index contributed by atoms with van der Waals surface area (Å²) < 4.78 is 3.97. The number of hydrogen-bond donors (Lipinski definition) is 2. The van der Waals surface area contributed by atoms with Crippen LogP contribution < -0.4 is 0 Å². The van der Waals surface area contributed by atoms with E-state index in [9.17, 15) is 0 Å². The van der Waals surface area contributed by atoms with Crippen molar-refractivity contribution in [3.05, 3.63) is 0 Å². The zero-order valence-corrected chi connectivity index (χ0v) is 5.41. The Bertz CT molecular complexity index is 20.9. The normalized spacial score (nSPS) is 8.00. The second-order valence-electron chi connectivity index (χ2n) is 0.415. The number of hydrogen-bond acceptors (Lipinski definition) is 3. The van der Waals surface area contributed by atoms with Crippen molar-refractivity contribution >= 4 is 7.32 Å². The van der Waals surface area contributed by atoms with E-state index in [2.05, 4.69) is 4.02 Å². The average molecular weight is 304 g/mol. The van der Waals surface area contributed by atoms with Crippen LogP contribution in [0.2, 0.25) is 0 Å². The summed E-state index contributed by atoms with van der Waals surface area (Å²) >= 11 is 0.562. The summed E-state index contributed by atoms with van der Waals surface area (Å²) in [7, 11) is -1.57. The van der Waals surface area contributed by atoms with Crippen molar-refractivity contribution in [1.82, 2.24) is 0 Å². The van der Waals surface area contributed by atoms with Crippen LogP contribution in [0.4, 0.5) is 0 Å². The Kier molecular flexibility index (Phi) is 2.74. The van der Waals surface area contributed by atoms with Crippen LogP contribution in [-0.4, -0.2) is 17.4 Å². The predicted octanol–water partition coefficient (Wildman–Crippen LogP) is -1.56. The molecule has 0 aromatic heterocycles. The molecule has 5 heavy (non-hydrogen) atoms. The van der Waals surface area contributed by atoms with Crippen LogP contribution in [-0.2, 0) is 4.02 Å². The average Bonchev–Trinajstić information content (AvgIpc) is 1.38. The number of rotatable bonds is 1. The van der Waals surface area contributed by atoms with Crippen molar-refractivity contribution in [1.29, 1.82) is 0 Å². The van der Waals surface area contributed by atoms with Gasteiger partial charge in [-0.2, -0.15) is 0 Å². The SMILES string of the molecule is OB(O)[O][Am]. The van der Waals surface area contributed by atoms with Gasteiger partial charge in [0.15, 0.2) is 0 Å². The molecule has 0 saturated heterocycles. The van der Waals surface area contributed by atoms with Gasteiger partial charge in [0.1, 0.15) is 0 Å². The van der Waals surface area contributed by atoms with Crippen LogP contribution in [0.1, 0.15) is 0 Å². The fourth-order valence-corrected chi connectivity index (χ4v) is 0. The summed E-state index contributed by atoms with van der Waals surface area (Å²) in [6.45, 7) is 0. The second kappa shape index (κ2) is 2.57. The summed E-state index contributed by atoms with van der Waals surface area (Å²) in [5.74, 6) is 0. The van der Waals surface area contributed by atoms with Crippen molar-refractivity contribution in [3.63, 3.8) is 0 Å². The maximum atomic E-state index is 7.72. The first-order valence-corrected chi connectivity index (χ1v) is 2.19. The molecule has 0 bridgehead atoms. The first-order chi connectivity index (χ1) is 2.27. The molecule has 0 aliphatic rings. The van der Waals surface area contributed by atoms with Gasteiger partial charge in [-0.05, 0) is 0 Å². The van der Waals surface area contributed by atoms with Crippen molar-refractivity contribution in [2.24, 2.45) is 0 Å². The van der Waals surface area contributed by atoms with Crippen LogP contribution in [0, 0.1) is 13.7 Å². The Hall–Kier alpha value is 0.335. The zero-order chi connectivity index (χ0) is 4.28.